The van der Waals surface area contributed by atoms with E-state index < -0.39 is 0 Å². The first kappa shape index (κ1) is 14.8. The van der Waals surface area contributed by atoms with Crippen LogP contribution >= 0.6 is 11.8 Å². The summed E-state index contributed by atoms with van der Waals surface area (Å²) in [7, 11) is 0. The molecular weight excluding hydrogens is 300 g/mol. The number of hydrogen-bond donors (Lipinski definition) is 1. The van der Waals surface area contributed by atoms with Crippen molar-refractivity contribution >= 4 is 17.7 Å². The maximum absolute atomic E-state index is 12.3. The molecular formula is C15H16N4O2S. The van der Waals surface area contributed by atoms with Crippen LogP contribution in [-0.4, -0.2) is 26.2 Å². The fourth-order valence-electron chi connectivity index (χ4n) is 2.28. The Bertz CT molecular complexity index is 745. The Balaban J connectivity index is 1.68. The standard InChI is InChI=1S/C15H16N4O2S/c1-10-6-18-15-19(14(10)21)8-11(9-22-15)13(20)17-7-12-4-2-3-5-16-12/h2-6,11H,7-9H2,1H3,(H,17,20)/t11-/m0/s1. The van der Waals surface area contributed by atoms with Gasteiger partial charge in [0.25, 0.3) is 5.56 Å². The van der Waals surface area contributed by atoms with Gasteiger partial charge in [0.2, 0.25) is 5.91 Å². The zero-order chi connectivity index (χ0) is 15.5. The normalized spacial score (nSPS) is 16.9. The number of nitrogens with zero attached hydrogens (tertiary/aromatic N) is 3. The molecule has 1 amide bonds. The lowest BCUT2D eigenvalue weighted by molar-refractivity contribution is -0.125. The minimum atomic E-state index is -0.234. The summed E-state index contributed by atoms with van der Waals surface area (Å²) in [6, 6.07) is 5.58. The highest BCUT2D eigenvalue weighted by Gasteiger charge is 2.26. The average molecular weight is 316 g/mol. The predicted octanol–water partition coefficient (Wildman–Crippen LogP) is 0.985. The van der Waals surface area contributed by atoms with Gasteiger partial charge in [-0.2, -0.15) is 0 Å². The van der Waals surface area contributed by atoms with Crippen molar-refractivity contribution in [2.24, 2.45) is 5.92 Å². The summed E-state index contributed by atoms with van der Waals surface area (Å²) in [6.45, 7) is 2.51. The molecule has 0 spiro atoms. The van der Waals surface area contributed by atoms with E-state index in [2.05, 4.69) is 15.3 Å². The van der Waals surface area contributed by atoms with Gasteiger partial charge in [-0.15, -0.1) is 0 Å². The highest BCUT2D eigenvalue weighted by atomic mass is 32.2. The number of carbonyl (C=O) groups is 1. The second kappa shape index (κ2) is 6.31. The summed E-state index contributed by atoms with van der Waals surface area (Å²) < 4.78 is 1.59. The monoisotopic (exact) mass is 316 g/mol. The molecule has 0 aliphatic carbocycles. The number of aryl methyl sites for hydroxylation is 1. The molecule has 0 bridgehead atoms. The van der Waals surface area contributed by atoms with Gasteiger partial charge in [0.1, 0.15) is 0 Å². The molecule has 7 heteroatoms. The smallest absolute Gasteiger partial charge is 0.257 e. The van der Waals surface area contributed by atoms with E-state index in [1.165, 1.54) is 11.8 Å². The van der Waals surface area contributed by atoms with E-state index in [4.69, 9.17) is 0 Å². The average Bonchev–Trinajstić information content (AvgIpc) is 2.57. The van der Waals surface area contributed by atoms with Crippen LogP contribution in [0.5, 0.6) is 0 Å². The SMILES string of the molecule is Cc1cnc2n(c1=O)C[C@H](C(=O)NCc1ccccn1)CS2. The Morgan fingerprint density at radius 3 is 3.09 bits per heavy atom. The van der Waals surface area contributed by atoms with Crippen molar-refractivity contribution in [1.29, 1.82) is 0 Å². The lowest BCUT2D eigenvalue weighted by Gasteiger charge is -2.24. The second-order valence-electron chi connectivity index (χ2n) is 5.19. The summed E-state index contributed by atoms with van der Waals surface area (Å²) in [6.07, 6.45) is 3.28. The number of rotatable bonds is 3. The number of carbonyl (C=O) groups excluding carboxylic acids is 1. The lowest BCUT2D eigenvalue weighted by Crippen LogP contribution is -2.40. The van der Waals surface area contributed by atoms with Gasteiger partial charge in [0.15, 0.2) is 5.16 Å². The van der Waals surface area contributed by atoms with Crippen molar-refractivity contribution in [3.8, 4) is 0 Å². The number of pyridine rings is 1. The third-order valence-electron chi connectivity index (χ3n) is 3.54. The van der Waals surface area contributed by atoms with Crippen molar-refractivity contribution in [3.63, 3.8) is 0 Å². The molecule has 0 fully saturated rings. The first-order valence-corrected chi connectivity index (χ1v) is 8.00. The Morgan fingerprint density at radius 2 is 2.32 bits per heavy atom. The van der Waals surface area contributed by atoms with E-state index in [1.807, 2.05) is 18.2 Å². The third-order valence-corrected chi connectivity index (χ3v) is 4.69. The highest BCUT2D eigenvalue weighted by molar-refractivity contribution is 7.99. The minimum Gasteiger partial charge on any atom is -0.350 e. The van der Waals surface area contributed by atoms with Crippen LogP contribution in [0, 0.1) is 12.8 Å². The molecule has 0 saturated heterocycles. The van der Waals surface area contributed by atoms with E-state index in [-0.39, 0.29) is 17.4 Å². The van der Waals surface area contributed by atoms with E-state index in [9.17, 15) is 9.59 Å². The van der Waals surface area contributed by atoms with E-state index in [0.717, 1.165) is 5.69 Å². The van der Waals surface area contributed by atoms with Gasteiger partial charge in [-0.05, 0) is 19.1 Å². The van der Waals surface area contributed by atoms with Gasteiger partial charge in [-0.1, -0.05) is 17.8 Å². The molecule has 0 aromatic carbocycles. The zero-order valence-corrected chi connectivity index (χ0v) is 13.0. The first-order chi connectivity index (χ1) is 10.6. The quantitative estimate of drug-likeness (QED) is 0.854. The van der Waals surface area contributed by atoms with Gasteiger partial charge in [-0.3, -0.25) is 19.1 Å². The van der Waals surface area contributed by atoms with Gasteiger partial charge in [0.05, 0.1) is 18.2 Å². The third kappa shape index (κ3) is 3.04. The molecule has 6 nitrogen and oxygen atoms in total. The number of thioether (sulfide) groups is 1. The van der Waals surface area contributed by atoms with Crippen molar-refractivity contribution in [2.75, 3.05) is 5.75 Å². The molecule has 3 heterocycles. The number of hydrogen-bond acceptors (Lipinski definition) is 5. The van der Waals surface area contributed by atoms with Crippen molar-refractivity contribution in [2.45, 2.75) is 25.2 Å². The molecule has 22 heavy (non-hydrogen) atoms. The van der Waals surface area contributed by atoms with Crippen molar-refractivity contribution in [1.82, 2.24) is 19.9 Å². The maximum atomic E-state index is 12.3. The number of fused-ring (bicyclic) bond motifs is 1. The van der Waals surface area contributed by atoms with Crippen molar-refractivity contribution in [3.05, 3.63) is 52.2 Å². The summed E-state index contributed by atoms with van der Waals surface area (Å²) in [5.41, 5.74) is 1.34. The van der Waals surface area contributed by atoms with Gasteiger partial charge in [0, 0.05) is 30.3 Å². The molecule has 3 rings (SSSR count). The van der Waals surface area contributed by atoms with Crippen LogP contribution < -0.4 is 10.9 Å². The van der Waals surface area contributed by atoms with Crippen LogP contribution in [0.15, 0.2) is 40.5 Å². The van der Waals surface area contributed by atoms with Gasteiger partial charge < -0.3 is 5.32 Å². The molecule has 1 N–H and O–H groups in total. The molecule has 0 saturated carbocycles. The molecule has 0 unspecified atom stereocenters. The highest BCUT2D eigenvalue weighted by Crippen LogP contribution is 2.24. The Hall–Kier alpha value is -2.15. The molecule has 1 aliphatic heterocycles. The van der Waals surface area contributed by atoms with E-state index >= 15 is 0 Å². The van der Waals surface area contributed by atoms with Crippen LogP contribution in [-0.2, 0) is 17.9 Å². The minimum absolute atomic E-state index is 0.0581. The second-order valence-corrected chi connectivity index (χ2v) is 6.17. The Labute approximate surface area is 132 Å². The van der Waals surface area contributed by atoms with Crippen LogP contribution in [0.2, 0.25) is 0 Å². The number of aromatic nitrogens is 3. The molecule has 114 valence electrons. The number of nitrogens with one attached hydrogen (secondary N) is 1. The van der Waals surface area contributed by atoms with Crippen LogP contribution in [0.25, 0.3) is 0 Å². The Kier molecular flexibility index (Phi) is 4.24. The predicted molar refractivity (Wildman–Crippen MR) is 83.5 cm³/mol. The lowest BCUT2D eigenvalue weighted by atomic mass is 10.1. The summed E-state index contributed by atoms with van der Waals surface area (Å²) in [4.78, 5) is 32.8. The topological polar surface area (TPSA) is 76.9 Å². The first-order valence-electron chi connectivity index (χ1n) is 7.02. The van der Waals surface area contributed by atoms with Crippen LogP contribution in [0.4, 0.5) is 0 Å². The Morgan fingerprint density at radius 1 is 1.45 bits per heavy atom. The summed E-state index contributed by atoms with van der Waals surface area (Å²) in [5.74, 6) is 0.337. The van der Waals surface area contributed by atoms with Gasteiger partial charge in [-0.25, -0.2) is 4.98 Å². The molecule has 2 aromatic heterocycles. The molecule has 1 atom stereocenters. The molecule has 2 aromatic rings. The molecule has 1 aliphatic rings. The largest absolute Gasteiger partial charge is 0.350 e. The van der Waals surface area contributed by atoms with Gasteiger partial charge >= 0.3 is 0 Å². The van der Waals surface area contributed by atoms with Crippen LogP contribution in [0.3, 0.4) is 0 Å². The fraction of sp³-hybridized carbons (Fsp3) is 0.333. The number of amides is 1. The van der Waals surface area contributed by atoms with E-state index in [1.54, 1.807) is 23.9 Å². The fourth-order valence-corrected chi connectivity index (χ4v) is 3.33. The zero-order valence-electron chi connectivity index (χ0n) is 12.2. The summed E-state index contributed by atoms with van der Waals surface area (Å²) in [5, 5.41) is 3.57. The van der Waals surface area contributed by atoms with Crippen molar-refractivity contribution < 1.29 is 4.79 Å². The summed E-state index contributed by atoms with van der Waals surface area (Å²) >= 11 is 1.45. The molecule has 0 radical (unpaired) electrons. The van der Waals surface area contributed by atoms with E-state index in [0.29, 0.717) is 29.6 Å². The maximum Gasteiger partial charge on any atom is 0.257 e. The van der Waals surface area contributed by atoms with Crippen LogP contribution in [0.1, 0.15) is 11.3 Å².